The van der Waals surface area contributed by atoms with Gasteiger partial charge in [0.1, 0.15) is 0 Å². The molecule has 0 amide bonds. The van der Waals surface area contributed by atoms with Gasteiger partial charge in [0.25, 0.3) is 0 Å². The molecule has 6 heteroatoms. The summed E-state index contributed by atoms with van der Waals surface area (Å²) >= 11 is 0. The number of hydrogen-bond acceptors (Lipinski definition) is 4. The molecule has 1 aromatic carbocycles. The Morgan fingerprint density at radius 1 is 1.35 bits per heavy atom. The molecule has 0 fully saturated rings. The lowest BCUT2D eigenvalue weighted by atomic mass is 9.95. The van der Waals surface area contributed by atoms with Gasteiger partial charge in [0.15, 0.2) is 5.82 Å². The molecule has 2 rings (SSSR count). The van der Waals surface area contributed by atoms with Crippen LogP contribution in [0.3, 0.4) is 0 Å². The largest absolute Gasteiger partial charge is 0.478 e. The smallest absolute Gasteiger partial charge is 0.328 e. The Morgan fingerprint density at radius 2 is 2.10 bits per heavy atom. The summed E-state index contributed by atoms with van der Waals surface area (Å²) in [6.07, 6.45) is 2.64. The maximum Gasteiger partial charge on any atom is 0.328 e. The highest BCUT2D eigenvalue weighted by Crippen LogP contribution is 2.22. The first-order valence-electron chi connectivity index (χ1n) is 6.18. The van der Waals surface area contributed by atoms with Crippen molar-refractivity contribution in [2.45, 2.75) is 26.2 Å². The van der Waals surface area contributed by atoms with Gasteiger partial charge in [-0.25, -0.2) is 4.79 Å². The lowest BCUT2D eigenvalue weighted by Gasteiger charge is -2.17. The highest BCUT2D eigenvalue weighted by atomic mass is 16.4. The molecule has 0 unspecified atom stereocenters. The van der Waals surface area contributed by atoms with Crippen LogP contribution in [0, 0.1) is 0 Å². The minimum Gasteiger partial charge on any atom is -0.478 e. The number of hydrogen-bond donors (Lipinski definition) is 1. The first-order chi connectivity index (χ1) is 9.38. The van der Waals surface area contributed by atoms with E-state index in [-0.39, 0.29) is 5.41 Å². The van der Waals surface area contributed by atoms with Crippen LogP contribution in [0.5, 0.6) is 0 Å². The number of tetrazole rings is 1. The van der Waals surface area contributed by atoms with Gasteiger partial charge in [0, 0.05) is 11.5 Å². The van der Waals surface area contributed by atoms with Crippen LogP contribution in [0.1, 0.15) is 32.2 Å². The minimum atomic E-state index is -0.979. The van der Waals surface area contributed by atoms with Crippen LogP contribution >= 0.6 is 0 Å². The second kappa shape index (κ2) is 5.24. The fourth-order valence-electron chi connectivity index (χ4n) is 1.76. The lowest BCUT2D eigenvalue weighted by Crippen LogP contribution is -2.18. The van der Waals surface area contributed by atoms with Crippen molar-refractivity contribution < 1.29 is 9.90 Å². The van der Waals surface area contributed by atoms with Crippen molar-refractivity contribution in [3.8, 4) is 5.69 Å². The van der Waals surface area contributed by atoms with E-state index < -0.39 is 5.97 Å². The number of carboxylic acid groups (broad SMARTS) is 1. The zero-order chi connectivity index (χ0) is 14.8. The highest BCUT2D eigenvalue weighted by Gasteiger charge is 2.22. The Kier molecular flexibility index (Phi) is 3.65. The van der Waals surface area contributed by atoms with Crippen LogP contribution in [-0.4, -0.2) is 31.3 Å². The summed E-state index contributed by atoms with van der Waals surface area (Å²) in [7, 11) is 0. The van der Waals surface area contributed by atoms with Crippen molar-refractivity contribution in [1.82, 2.24) is 20.2 Å². The Bertz CT molecular complexity index is 653. The van der Waals surface area contributed by atoms with Gasteiger partial charge >= 0.3 is 5.97 Å². The van der Waals surface area contributed by atoms with E-state index in [4.69, 9.17) is 5.11 Å². The summed E-state index contributed by atoms with van der Waals surface area (Å²) in [6.45, 7) is 6.09. The molecule has 0 aliphatic heterocycles. The van der Waals surface area contributed by atoms with Gasteiger partial charge in [0.2, 0.25) is 0 Å². The first-order valence-corrected chi connectivity index (χ1v) is 6.18. The Balaban J connectivity index is 2.42. The zero-order valence-electron chi connectivity index (χ0n) is 11.6. The normalized spacial score (nSPS) is 11.9. The highest BCUT2D eigenvalue weighted by molar-refractivity contribution is 5.85. The van der Waals surface area contributed by atoms with Gasteiger partial charge in [-0.3, -0.25) is 0 Å². The Hall–Kier alpha value is -2.50. The third kappa shape index (κ3) is 3.09. The van der Waals surface area contributed by atoms with Crippen LogP contribution in [0.15, 0.2) is 30.3 Å². The Morgan fingerprint density at radius 3 is 2.75 bits per heavy atom. The van der Waals surface area contributed by atoms with Gasteiger partial charge in [-0.1, -0.05) is 32.9 Å². The summed E-state index contributed by atoms with van der Waals surface area (Å²) in [4.78, 5) is 10.5. The molecule has 0 bridgehead atoms. The summed E-state index contributed by atoms with van der Waals surface area (Å²) in [5, 5.41) is 20.4. The van der Waals surface area contributed by atoms with Crippen molar-refractivity contribution in [2.75, 3.05) is 0 Å². The number of aliphatic carboxylic acids is 1. The molecule has 6 nitrogen and oxygen atoms in total. The van der Waals surface area contributed by atoms with Gasteiger partial charge < -0.3 is 5.11 Å². The van der Waals surface area contributed by atoms with Crippen LogP contribution in [0.25, 0.3) is 11.8 Å². The first kappa shape index (κ1) is 13.9. The topological polar surface area (TPSA) is 80.9 Å². The molecule has 0 radical (unpaired) electrons. The van der Waals surface area contributed by atoms with Crippen LogP contribution < -0.4 is 0 Å². The second-order valence-corrected chi connectivity index (χ2v) is 5.43. The quantitative estimate of drug-likeness (QED) is 0.865. The molecule has 20 heavy (non-hydrogen) atoms. The van der Waals surface area contributed by atoms with Crippen molar-refractivity contribution in [2.24, 2.45) is 0 Å². The van der Waals surface area contributed by atoms with Crippen LogP contribution in [0.2, 0.25) is 0 Å². The van der Waals surface area contributed by atoms with E-state index in [1.807, 2.05) is 45.0 Å². The average molecular weight is 272 g/mol. The molecule has 1 heterocycles. The number of benzene rings is 1. The summed E-state index contributed by atoms with van der Waals surface area (Å²) in [5.74, 6) is -0.231. The van der Waals surface area contributed by atoms with Crippen LogP contribution in [0.4, 0.5) is 0 Å². The van der Waals surface area contributed by atoms with Gasteiger partial charge in [0.05, 0.1) is 5.69 Å². The predicted molar refractivity (Wildman–Crippen MR) is 74.5 cm³/mol. The lowest BCUT2D eigenvalue weighted by molar-refractivity contribution is -0.131. The summed E-state index contributed by atoms with van der Waals surface area (Å²) < 4.78 is 1.66. The molecule has 0 aliphatic carbocycles. The second-order valence-electron chi connectivity index (χ2n) is 5.43. The SMILES string of the molecule is CC(C)(C)c1nnnn1-c1cccc(/C=C/C(=O)O)c1. The van der Waals surface area contributed by atoms with E-state index in [2.05, 4.69) is 15.5 Å². The molecule has 104 valence electrons. The third-order valence-electron chi connectivity index (χ3n) is 2.67. The predicted octanol–water partition coefficient (Wildman–Crippen LogP) is 2.06. The van der Waals surface area contributed by atoms with Crippen LogP contribution in [-0.2, 0) is 10.2 Å². The van der Waals surface area contributed by atoms with E-state index >= 15 is 0 Å². The molecule has 2 aromatic rings. The van der Waals surface area contributed by atoms with E-state index in [0.717, 1.165) is 23.2 Å². The van der Waals surface area contributed by atoms with Gasteiger partial charge in [-0.05, 0) is 34.2 Å². The molecule has 0 spiro atoms. The van der Waals surface area contributed by atoms with E-state index in [0.29, 0.717) is 0 Å². The maximum atomic E-state index is 10.5. The molecule has 0 atom stereocenters. The number of aromatic nitrogens is 4. The van der Waals surface area contributed by atoms with Gasteiger partial charge in [-0.2, -0.15) is 4.68 Å². The molecule has 0 aliphatic rings. The molecule has 0 saturated heterocycles. The van der Waals surface area contributed by atoms with Crippen molar-refractivity contribution in [3.05, 3.63) is 41.7 Å². The Labute approximate surface area is 116 Å². The maximum absolute atomic E-state index is 10.5. The van der Waals surface area contributed by atoms with Crippen molar-refractivity contribution in [1.29, 1.82) is 0 Å². The molecule has 1 N–H and O–H groups in total. The van der Waals surface area contributed by atoms with E-state index in [9.17, 15) is 4.79 Å². The minimum absolute atomic E-state index is 0.184. The molecular formula is C14H16N4O2. The summed E-state index contributed by atoms with van der Waals surface area (Å²) in [5.41, 5.74) is 1.39. The monoisotopic (exact) mass is 272 g/mol. The standard InChI is InChI=1S/C14H16N4O2/c1-14(2,3)13-15-16-17-18(13)11-6-4-5-10(9-11)7-8-12(19)20/h4-9H,1-3H3,(H,19,20)/b8-7+. The zero-order valence-corrected chi connectivity index (χ0v) is 11.6. The molecule has 1 aromatic heterocycles. The average Bonchev–Trinajstić information content (AvgIpc) is 2.86. The fourth-order valence-corrected chi connectivity index (χ4v) is 1.76. The van der Waals surface area contributed by atoms with E-state index in [1.54, 1.807) is 4.68 Å². The van der Waals surface area contributed by atoms with Gasteiger partial charge in [-0.15, -0.1) is 5.10 Å². The van der Waals surface area contributed by atoms with Crippen molar-refractivity contribution in [3.63, 3.8) is 0 Å². The number of nitrogens with zero attached hydrogens (tertiary/aromatic N) is 4. The van der Waals surface area contributed by atoms with Crippen molar-refractivity contribution >= 4 is 12.0 Å². The molecular weight excluding hydrogens is 256 g/mol. The number of carbonyl (C=O) groups is 1. The fraction of sp³-hybridized carbons (Fsp3) is 0.286. The number of carboxylic acids is 1. The summed E-state index contributed by atoms with van der Waals surface area (Å²) in [6, 6.07) is 7.38. The molecule has 0 saturated carbocycles. The third-order valence-corrected chi connectivity index (χ3v) is 2.67. The van der Waals surface area contributed by atoms with E-state index in [1.165, 1.54) is 6.08 Å². The number of rotatable bonds is 3.